The first-order valence-corrected chi connectivity index (χ1v) is 12.7. The number of alkyl halides is 5. The van der Waals surface area contributed by atoms with Crippen LogP contribution in [0.2, 0.25) is 0 Å². The lowest BCUT2D eigenvalue weighted by Gasteiger charge is -2.26. The molecule has 0 saturated heterocycles. The molecule has 39 heavy (non-hydrogen) atoms. The average Bonchev–Trinajstić information content (AvgIpc) is 2.75. The molecule has 2 aromatic rings. The number of hydrogen-bond donors (Lipinski definition) is 1. The molecule has 2 rings (SSSR count). The molecule has 14 heteroatoms. The molecular weight excluding hydrogens is 553 g/mol. The molecule has 0 fully saturated rings. The topological polar surface area (TPSA) is 100 Å². The van der Waals surface area contributed by atoms with Gasteiger partial charge in [0.1, 0.15) is 17.0 Å². The molecule has 0 saturated carbocycles. The minimum absolute atomic E-state index is 0.183. The quantitative estimate of drug-likeness (QED) is 0.168. The van der Waals surface area contributed by atoms with Crippen LogP contribution >= 0.6 is 0 Å². The maximum absolute atomic E-state index is 14.8. The Morgan fingerprint density at radius 2 is 1.36 bits per heavy atom. The Bertz CT molecular complexity index is 1300. The summed E-state index contributed by atoms with van der Waals surface area (Å²) in [5.41, 5.74) is -7.57. The normalized spacial score (nSPS) is 13.5. The molecule has 216 valence electrons. The number of amides is 1. The second kappa shape index (κ2) is 11.3. The molecule has 0 aliphatic heterocycles. The molecule has 1 amide bonds. The van der Waals surface area contributed by atoms with Crippen LogP contribution in [0.25, 0.3) is 5.76 Å². The lowest BCUT2D eigenvalue weighted by molar-refractivity contribution is -0.192. The van der Waals surface area contributed by atoms with Gasteiger partial charge in [-0.15, -0.1) is 0 Å². The fourth-order valence-electron chi connectivity index (χ4n) is 2.72. The molecule has 0 spiro atoms. The van der Waals surface area contributed by atoms with Gasteiger partial charge in [-0.2, -0.15) is 30.4 Å². The molecule has 0 bridgehead atoms. The number of benzene rings is 2. The maximum Gasteiger partial charge on any atom is 0.534 e. The summed E-state index contributed by atoms with van der Waals surface area (Å²) in [7, 11) is -6.18. The second-order valence-electron chi connectivity index (χ2n) is 9.99. The van der Waals surface area contributed by atoms with E-state index in [9.17, 15) is 35.2 Å². The van der Waals surface area contributed by atoms with Gasteiger partial charge >= 0.3 is 27.6 Å². The first-order chi connectivity index (χ1) is 17.6. The van der Waals surface area contributed by atoms with Gasteiger partial charge in [0.15, 0.2) is 17.3 Å². The van der Waals surface area contributed by atoms with Crippen molar-refractivity contribution in [1.29, 1.82) is 0 Å². The molecule has 0 unspecified atom stereocenters. The summed E-state index contributed by atoms with van der Waals surface area (Å²) >= 11 is 0. The minimum Gasteiger partial charge on any atom is -0.488 e. The maximum atomic E-state index is 14.8. The van der Waals surface area contributed by atoms with Crippen LogP contribution in [0.5, 0.6) is 17.2 Å². The molecular formula is C25H28F5NO7S. The summed E-state index contributed by atoms with van der Waals surface area (Å²) in [4.78, 5) is 12.3. The Morgan fingerprint density at radius 1 is 0.795 bits per heavy atom. The molecule has 1 N–H and O–H groups in total. The van der Waals surface area contributed by atoms with Crippen LogP contribution in [-0.4, -0.2) is 37.1 Å². The second-order valence-corrected chi connectivity index (χ2v) is 11.5. The zero-order valence-electron chi connectivity index (χ0n) is 21.9. The van der Waals surface area contributed by atoms with Crippen molar-refractivity contribution < 1.29 is 53.6 Å². The lowest BCUT2D eigenvalue weighted by atomic mass is 10.1. The van der Waals surface area contributed by atoms with Gasteiger partial charge in [0, 0.05) is 17.8 Å². The summed E-state index contributed by atoms with van der Waals surface area (Å²) < 4.78 is 111. The first kappa shape index (κ1) is 31.7. The van der Waals surface area contributed by atoms with E-state index >= 15 is 0 Å². The Kier molecular flexibility index (Phi) is 9.16. The third kappa shape index (κ3) is 9.61. The average molecular weight is 582 g/mol. The minimum atomic E-state index is -6.18. The van der Waals surface area contributed by atoms with E-state index in [1.807, 2.05) is 0 Å². The molecule has 0 aliphatic carbocycles. The van der Waals surface area contributed by atoms with Crippen LogP contribution in [-0.2, 0) is 19.1 Å². The molecule has 0 radical (unpaired) electrons. The van der Waals surface area contributed by atoms with E-state index in [0.29, 0.717) is 0 Å². The summed E-state index contributed by atoms with van der Waals surface area (Å²) in [5.74, 6) is -3.68. The molecule has 0 heterocycles. The number of carbonyl (C=O) groups is 1. The van der Waals surface area contributed by atoms with Gasteiger partial charge in [-0.1, -0.05) is 30.3 Å². The molecule has 2 aromatic carbocycles. The highest BCUT2D eigenvalue weighted by molar-refractivity contribution is 7.87. The van der Waals surface area contributed by atoms with Crippen molar-refractivity contribution in [3.8, 4) is 17.2 Å². The molecule has 8 nitrogen and oxygen atoms in total. The zero-order chi connectivity index (χ0) is 29.9. The third-order valence-corrected chi connectivity index (χ3v) is 5.10. The number of carbonyl (C=O) groups excluding carboxylic acids is 1. The van der Waals surface area contributed by atoms with Crippen LogP contribution in [0.15, 0.2) is 54.7 Å². The summed E-state index contributed by atoms with van der Waals surface area (Å²) in [6.45, 7) is 10.2. The predicted octanol–water partition coefficient (Wildman–Crippen LogP) is 5.99. The van der Waals surface area contributed by atoms with E-state index in [1.54, 1.807) is 41.5 Å². The van der Waals surface area contributed by atoms with Gasteiger partial charge in [0.25, 0.3) is 0 Å². The van der Waals surface area contributed by atoms with Gasteiger partial charge in [0.2, 0.25) is 0 Å². The largest absolute Gasteiger partial charge is 0.534 e. The van der Waals surface area contributed by atoms with Gasteiger partial charge in [-0.05, 0) is 53.7 Å². The first-order valence-electron chi connectivity index (χ1n) is 11.3. The Morgan fingerprint density at radius 3 is 1.87 bits per heavy atom. The SMILES string of the molecule is CC(C)(C)Oc1ccc(OC(F)(F)C(=O)N/C=C(\OS(=O)(=O)C(F)(F)F)c2ccccc2)c(OC(C)(C)C)c1. The number of hydrogen-bond acceptors (Lipinski definition) is 7. The summed E-state index contributed by atoms with van der Waals surface area (Å²) in [6.07, 6.45) is -4.34. The fourth-order valence-corrected chi connectivity index (χ4v) is 3.20. The zero-order valence-corrected chi connectivity index (χ0v) is 22.7. The van der Waals surface area contributed by atoms with Crippen molar-refractivity contribution in [1.82, 2.24) is 5.32 Å². The van der Waals surface area contributed by atoms with Crippen LogP contribution in [0, 0.1) is 0 Å². The van der Waals surface area contributed by atoms with Crippen LogP contribution in [0.3, 0.4) is 0 Å². The lowest BCUT2D eigenvalue weighted by Crippen LogP contribution is -2.42. The number of halogens is 5. The van der Waals surface area contributed by atoms with E-state index in [2.05, 4.69) is 8.92 Å². The monoisotopic (exact) mass is 581 g/mol. The van der Waals surface area contributed by atoms with E-state index in [0.717, 1.165) is 18.2 Å². The molecule has 0 aromatic heterocycles. The van der Waals surface area contributed by atoms with Crippen molar-refractivity contribution in [3.05, 3.63) is 60.3 Å². The van der Waals surface area contributed by atoms with E-state index in [4.69, 9.17) is 9.47 Å². The number of rotatable bonds is 9. The smallest absolute Gasteiger partial charge is 0.488 e. The van der Waals surface area contributed by atoms with E-state index in [1.165, 1.54) is 35.6 Å². The van der Waals surface area contributed by atoms with E-state index < -0.39 is 50.4 Å². The fraction of sp³-hybridized carbons (Fsp3) is 0.400. The van der Waals surface area contributed by atoms with Gasteiger partial charge in [-0.25, -0.2) is 0 Å². The van der Waals surface area contributed by atoms with Crippen molar-refractivity contribution in [2.24, 2.45) is 0 Å². The molecule has 0 aliphatic rings. The van der Waals surface area contributed by atoms with Crippen molar-refractivity contribution in [2.45, 2.75) is 64.4 Å². The van der Waals surface area contributed by atoms with Gasteiger partial charge in [0.05, 0.1) is 0 Å². The van der Waals surface area contributed by atoms with Crippen LogP contribution in [0.1, 0.15) is 47.1 Å². The summed E-state index contributed by atoms with van der Waals surface area (Å²) in [6, 6.07) is 10.1. The van der Waals surface area contributed by atoms with Crippen LogP contribution in [0.4, 0.5) is 22.0 Å². The third-order valence-electron chi connectivity index (χ3n) is 4.13. The van der Waals surface area contributed by atoms with Gasteiger partial charge in [-0.3, -0.25) is 4.79 Å². The Labute approximate surface area is 222 Å². The predicted molar refractivity (Wildman–Crippen MR) is 131 cm³/mol. The van der Waals surface area contributed by atoms with E-state index in [-0.39, 0.29) is 23.3 Å². The van der Waals surface area contributed by atoms with Crippen LogP contribution < -0.4 is 19.5 Å². The van der Waals surface area contributed by atoms with Crippen molar-refractivity contribution >= 4 is 21.8 Å². The van der Waals surface area contributed by atoms with Gasteiger partial charge < -0.3 is 23.7 Å². The standard InChI is InChI=1S/C25H28F5NO7S/c1-22(2,3)35-17-12-13-18(19(14-17)36-23(4,5)6)37-24(26,27)21(32)31-15-20(16-10-8-7-9-11-16)38-39(33,34)25(28,29)30/h7-15H,1-6H3,(H,31,32)/b20-15-. The Hall–Kier alpha value is -3.55. The Balaban J connectivity index is 2.36. The highest BCUT2D eigenvalue weighted by Gasteiger charge is 2.49. The summed E-state index contributed by atoms with van der Waals surface area (Å²) in [5, 5.41) is 1.53. The highest BCUT2D eigenvalue weighted by Crippen LogP contribution is 2.38. The number of ether oxygens (including phenoxy) is 3. The van der Waals surface area contributed by atoms with Crippen molar-refractivity contribution in [2.75, 3.05) is 0 Å². The molecule has 0 atom stereocenters. The van der Waals surface area contributed by atoms with Crippen molar-refractivity contribution in [3.63, 3.8) is 0 Å². The number of nitrogens with one attached hydrogen (secondary N) is 1. The highest BCUT2D eigenvalue weighted by atomic mass is 32.2.